The molecule has 0 bridgehead atoms. The fourth-order valence-corrected chi connectivity index (χ4v) is 3.07. The number of likely N-dealkylation sites (N-methyl/N-ethyl adjacent to an activating group) is 1. The molecular weight excluding hydrogens is 318 g/mol. The molecule has 1 unspecified atom stereocenters. The van der Waals surface area contributed by atoms with Gasteiger partial charge in [-0.3, -0.25) is 4.79 Å². The molecule has 4 heteroatoms. The summed E-state index contributed by atoms with van der Waals surface area (Å²) >= 11 is 3.42. The fraction of sp³-hybridized carbons (Fsp3) is 0.188. The van der Waals surface area contributed by atoms with Gasteiger partial charge in [0.05, 0.1) is 5.69 Å². The maximum absolute atomic E-state index is 12.8. The van der Waals surface area contributed by atoms with E-state index in [2.05, 4.69) is 15.9 Å². The highest BCUT2D eigenvalue weighted by Gasteiger charge is 2.51. The van der Waals surface area contributed by atoms with Gasteiger partial charge in [-0.05, 0) is 23.8 Å². The second-order valence-corrected chi connectivity index (χ2v) is 5.69. The van der Waals surface area contributed by atoms with E-state index in [-0.39, 0.29) is 5.91 Å². The van der Waals surface area contributed by atoms with E-state index < -0.39 is 5.60 Å². The van der Waals surface area contributed by atoms with Crippen molar-refractivity contribution in [1.82, 2.24) is 0 Å². The quantitative estimate of drug-likeness (QED) is 0.844. The van der Waals surface area contributed by atoms with Crippen LogP contribution in [0.15, 0.2) is 53.0 Å². The first-order valence-corrected chi connectivity index (χ1v) is 7.09. The Kier molecular flexibility index (Phi) is 3.15. The second-order valence-electron chi connectivity index (χ2n) is 4.77. The van der Waals surface area contributed by atoms with Crippen molar-refractivity contribution in [2.75, 3.05) is 19.1 Å². The third-order valence-corrected chi connectivity index (χ3v) is 4.34. The van der Waals surface area contributed by atoms with Crippen LogP contribution in [0.3, 0.4) is 0 Å². The predicted molar refractivity (Wildman–Crippen MR) is 81.8 cm³/mol. The molecule has 0 aromatic heterocycles. The van der Waals surface area contributed by atoms with Gasteiger partial charge in [0.2, 0.25) is 0 Å². The molecule has 3 nitrogen and oxygen atoms in total. The zero-order valence-corrected chi connectivity index (χ0v) is 12.8. The summed E-state index contributed by atoms with van der Waals surface area (Å²) in [5, 5.41) is 0. The van der Waals surface area contributed by atoms with Gasteiger partial charge in [0.15, 0.2) is 5.60 Å². The normalized spacial score (nSPS) is 21.1. The van der Waals surface area contributed by atoms with Crippen molar-refractivity contribution in [3.8, 4) is 0 Å². The molecule has 3 rings (SSSR count). The summed E-state index contributed by atoms with van der Waals surface area (Å²) in [6.45, 7) is 0. The number of halogens is 1. The molecule has 1 atom stereocenters. The molecule has 2 aromatic carbocycles. The first-order chi connectivity index (χ1) is 9.61. The molecule has 0 N–H and O–H groups in total. The van der Waals surface area contributed by atoms with Gasteiger partial charge < -0.3 is 9.64 Å². The maximum Gasteiger partial charge on any atom is 0.268 e. The summed E-state index contributed by atoms with van der Waals surface area (Å²) in [5.41, 5.74) is 1.57. The van der Waals surface area contributed by atoms with Crippen LogP contribution in [0.4, 0.5) is 5.69 Å². The largest absolute Gasteiger partial charge is 0.359 e. The summed E-state index contributed by atoms with van der Waals surface area (Å²) in [6.07, 6.45) is 0. The number of anilines is 1. The van der Waals surface area contributed by atoms with Crippen LogP contribution in [-0.2, 0) is 15.1 Å². The van der Waals surface area contributed by atoms with Crippen LogP contribution >= 0.6 is 15.9 Å². The van der Waals surface area contributed by atoms with Crippen molar-refractivity contribution in [2.24, 2.45) is 0 Å². The van der Waals surface area contributed by atoms with Crippen molar-refractivity contribution in [3.05, 3.63) is 64.1 Å². The van der Waals surface area contributed by atoms with Gasteiger partial charge in [-0.15, -0.1) is 0 Å². The smallest absolute Gasteiger partial charge is 0.268 e. The van der Waals surface area contributed by atoms with Crippen LogP contribution in [-0.4, -0.2) is 20.1 Å². The van der Waals surface area contributed by atoms with Gasteiger partial charge in [0, 0.05) is 24.2 Å². The summed E-state index contributed by atoms with van der Waals surface area (Å²) in [6, 6.07) is 15.4. The highest BCUT2D eigenvalue weighted by Crippen LogP contribution is 2.45. The van der Waals surface area contributed by atoms with Crippen LogP contribution in [0, 0.1) is 0 Å². The Morgan fingerprint density at radius 2 is 1.75 bits per heavy atom. The average Bonchev–Trinajstić information content (AvgIpc) is 2.70. The number of nitrogens with zero attached hydrogens (tertiary/aromatic N) is 1. The van der Waals surface area contributed by atoms with Crippen LogP contribution in [0.5, 0.6) is 0 Å². The molecular formula is C16H14BrNO2. The Morgan fingerprint density at radius 1 is 1.10 bits per heavy atom. The van der Waals surface area contributed by atoms with Gasteiger partial charge in [-0.1, -0.05) is 46.3 Å². The van der Waals surface area contributed by atoms with Crippen molar-refractivity contribution in [1.29, 1.82) is 0 Å². The lowest BCUT2D eigenvalue weighted by atomic mass is 9.87. The van der Waals surface area contributed by atoms with E-state index in [0.29, 0.717) is 0 Å². The summed E-state index contributed by atoms with van der Waals surface area (Å²) in [4.78, 5) is 14.4. The number of hydrogen-bond acceptors (Lipinski definition) is 2. The van der Waals surface area contributed by atoms with E-state index >= 15 is 0 Å². The van der Waals surface area contributed by atoms with Gasteiger partial charge in [-0.2, -0.15) is 0 Å². The first kappa shape index (κ1) is 13.3. The number of fused-ring (bicyclic) bond motifs is 1. The number of amides is 1. The minimum absolute atomic E-state index is 0.0662. The standard InChI is InChI=1S/C16H14BrNO2/c1-18-14-6-4-3-5-13(14)16(20-2,15(18)19)11-7-9-12(17)10-8-11/h3-10H,1-2H3. The van der Waals surface area contributed by atoms with E-state index in [1.807, 2.05) is 48.5 Å². The summed E-state index contributed by atoms with van der Waals surface area (Å²) < 4.78 is 6.70. The third-order valence-electron chi connectivity index (χ3n) is 3.81. The van der Waals surface area contributed by atoms with E-state index in [1.54, 1.807) is 19.1 Å². The van der Waals surface area contributed by atoms with Crippen molar-refractivity contribution < 1.29 is 9.53 Å². The fourth-order valence-electron chi connectivity index (χ4n) is 2.80. The van der Waals surface area contributed by atoms with Crippen LogP contribution in [0.1, 0.15) is 11.1 Å². The molecule has 0 fully saturated rings. The number of rotatable bonds is 2. The highest BCUT2D eigenvalue weighted by molar-refractivity contribution is 9.10. The highest BCUT2D eigenvalue weighted by atomic mass is 79.9. The number of para-hydroxylation sites is 1. The predicted octanol–water partition coefficient (Wildman–Crippen LogP) is 3.32. The lowest BCUT2D eigenvalue weighted by Gasteiger charge is -2.27. The zero-order valence-electron chi connectivity index (χ0n) is 11.3. The minimum Gasteiger partial charge on any atom is -0.359 e. The lowest BCUT2D eigenvalue weighted by Crippen LogP contribution is -2.41. The monoisotopic (exact) mass is 331 g/mol. The lowest BCUT2D eigenvalue weighted by molar-refractivity contribution is -0.134. The van der Waals surface area contributed by atoms with Gasteiger partial charge in [0.25, 0.3) is 5.91 Å². The molecule has 1 aliphatic heterocycles. The molecule has 1 heterocycles. The number of methoxy groups -OCH3 is 1. The third kappa shape index (κ3) is 1.65. The van der Waals surface area contributed by atoms with E-state index in [1.165, 1.54) is 0 Å². The minimum atomic E-state index is -1.05. The SMILES string of the molecule is COC1(c2ccc(Br)cc2)C(=O)N(C)c2ccccc21. The molecule has 20 heavy (non-hydrogen) atoms. The topological polar surface area (TPSA) is 29.5 Å². The molecule has 0 aliphatic carbocycles. The Bertz CT molecular complexity index is 668. The Hall–Kier alpha value is -1.65. The van der Waals surface area contributed by atoms with E-state index in [0.717, 1.165) is 21.3 Å². The molecule has 1 aliphatic rings. The van der Waals surface area contributed by atoms with Gasteiger partial charge >= 0.3 is 0 Å². The Morgan fingerprint density at radius 3 is 2.40 bits per heavy atom. The summed E-state index contributed by atoms with van der Waals surface area (Å²) in [5.74, 6) is -0.0662. The van der Waals surface area contributed by atoms with Crippen molar-refractivity contribution in [3.63, 3.8) is 0 Å². The first-order valence-electron chi connectivity index (χ1n) is 6.30. The number of benzene rings is 2. The second kappa shape index (κ2) is 4.72. The molecule has 0 spiro atoms. The number of carbonyl (C=O) groups excluding carboxylic acids is 1. The summed E-state index contributed by atoms with van der Waals surface area (Å²) in [7, 11) is 3.36. The Labute approximate surface area is 126 Å². The maximum atomic E-state index is 12.8. The number of carbonyl (C=O) groups is 1. The van der Waals surface area contributed by atoms with Gasteiger partial charge in [0.1, 0.15) is 0 Å². The molecule has 0 radical (unpaired) electrons. The van der Waals surface area contributed by atoms with Crippen molar-refractivity contribution in [2.45, 2.75) is 5.60 Å². The molecule has 2 aromatic rings. The molecule has 0 saturated heterocycles. The van der Waals surface area contributed by atoms with Gasteiger partial charge in [-0.25, -0.2) is 0 Å². The van der Waals surface area contributed by atoms with E-state index in [9.17, 15) is 4.79 Å². The molecule has 0 saturated carbocycles. The molecule has 102 valence electrons. The zero-order chi connectivity index (χ0) is 14.3. The van der Waals surface area contributed by atoms with E-state index in [4.69, 9.17) is 4.74 Å². The van der Waals surface area contributed by atoms with Crippen molar-refractivity contribution >= 4 is 27.5 Å². The number of hydrogen-bond donors (Lipinski definition) is 0. The van der Waals surface area contributed by atoms with Crippen LogP contribution in [0.25, 0.3) is 0 Å². The average molecular weight is 332 g/mol. The molecule has 1 amide bonds. The number of ether oxygens (including phenoxy) is 1. The van der Waals surface area contributed by atoms with Crippen LogP contribution < -0.4 is 4.90 Å². The Balaban J connectivity index is 2.27. The van der Waals surface area contributed by atoms with Crippen LogP contribution in [0.2, 0.25) is 0 Å².